The normalized spacial score (nSPS) is 21.8. The van der Waals surface area contributed by atoms with Gasteiger partial charge in [-0.2, -0.15) is 0 Å². The zero-order valence-corrected chi connectivity index (χ0v) is 14.5. The highest BCUT2D eigenvalue weighted by atomic mass is 35.5. The Balaban J connectivity index is 0.00000242. The number of rotatable bonds is 5. The van der Waals surface area contributed by atoms with Gasteiger partial charge in [-0.25, -0.2) is 0 Å². The molecule has 0 heterocycles. The van der Waals surface area contributed by atoms with Crippen LogP contribution in [0.5, 0.6) is 5.75 Å². The van der Waals surface area contributed by atoms with E-state index in [-0.39, 0.29) is 24.4 Å². The Morgan fingerprint density at radius 2 is 2.23 bits per heavy atom. The van der Waals surface area contributed by atoms with Crippen molar-refractivity contribution in [3.8, 4) is 5.75 Å². The zero-order chi connectivity index (χ0) is 15.4. The maximum absolute atomic E-state index is 12.2. The summed E-state index contributed by atoms with van der Waals surface area (Å²) < 4.78 is 5.69. The van der Waals surface area contributed by atoms with Crippen LogP contribution in [0.3, 0.4) is 0 Å². The van der Waals surface area contributed by atoms with Crippen molar-refractivity contribution in [1.82, 2.24) is 5.32 Å². The van der Waals surface area contributed by atoms with Gasteiger partial charge in [-0.05, 0) is 62.9 Å². The minimum absolute atomic E-state index is 0. The fourth-order valence-electron chi connectivity index (χ4n) is 2.76. The molecule has 0 spiro atoms. The average Bonchev–Trinajstić information content (AvgIpc) is 2.90. The minimum Gasteiger partial charge on any atom is -0.481 e. The van der Waals surface area contributed by atoms with Crippen molar-refractivity contribution >= 4 is 29.9 Å². The number of halogens is 2. The third kappa shape index (κ3) is 4.77. The minimum atomic E-state index is -0.537. The molecule has 1 fully saturated rings. The van der Waals surface area contributed by atoms with Crippen LogP contribution in [0.1, 0.15) is 31.7 Å². The van der Waals surface area contributed by atoms with Crippen LogP contribution in [0.2, 0.25) is 5.02 Å². The van der Waals surface area contributed by atoms with E-state index in [1.807, 2.05) is 13.0 Å². The van der Waals surface area contributed by atoms with Crippen LogP contribution in [0, 0.1) is 12.8 Å². The molecule has 124 valence electrons. The van der Waals surface area contributed by atoms with Gasteiger partial charge < -0.3 is 15.8 Å². The number of hydrogen-bond acceptors (Lipinski definition) is 3. The average molecular weight is 347 g/mol. The second kappa shape index (κ2) is 8.61. The van der Waals surface area contributed by atoms with Crippen molar-refractivity contribution in [3.63, 3.8) is 0 Å². The van der Waals surface area contributed by atoms with E-state index in [2.05, 4.69) is 5.32 Å². The Bertz CT molecular complexity index is 511. The van der Waals surface area contributed by atoms with Crippen LogP contribution in [0.15, 0.2) is 18.2 Å². The molecule has 1 aromatic carbocycles. The van der Waals surface area contributed by atoms with Crippen LogP contribution >= 0.6 is 24.0 Å². The van der Waals surface area contributed by atoms with E-state index < -0.39 is 6.10 Å². The highest BCUT2D eigenvalue weighted by Crippen LogP contribution is 2.25. The van der Waals surface area contributed by atoms with E-state index >= 15 is 0 Å². The number of nitrogens with one attached hydrogen (secondary N) is 1. The van der Waals surface area contributed by atoms with E-state index in [1.54, 1.807) is 19.1 Å². The Morgan fingerprint density at radius 3 is 2.86 bits per heavy atom. The van der Waals surface area contributed by atoms with Crippen molar-refractivity contribution in [2.45, 2.75) is 45.3 Å². The highest BCUT2D eigenvalue weighted by molar-refractivity contribution is 6.31. The second-order valence-corrected chi connectivity index (χ2v) is 6.12. The van der Waals surface area contributed by atoms with Gasteiger partial charge in [-0.1, -0.05) is 18.0 Å². The third-order valence-corrected chi connectivity index (χ3v) is 4.53. The number of aryl methyl sites for hydroxylation is 1. The molecule has 0 bridgehead atoms. The van der Waals surface area contributed by atoms with Crippen molar-refractivity contribution in [1.29, 1.82) is 0 Å². The molecule has 1 aliphatic rings. The van der Waals surface area contributed by atoms with Gasteiger partial charge in [0.05, 0.1) is 0 Å². The molecule has 22 heavy (non-hydrogen) atoms. The topological polar surface area (TPSA) is 64.3 Å². The summed E-state index contributed by atoms with van der Waals surface area (Å²) in [6.07, 6.45) is 2.68. The summed E-state index contributed by atoms with van der Waals surface area (Å²) in [4.78, 5) is 12.2. The monoisotopic (exact) mass is 346 g/mol. The number of amides is 1. The van der Waals surface area contributed by atoms with Gasteiger partial charge in [0.15, 0.2) is 6.10 Å². The van der Waals surface area contributed by atoms with Crippen molar-refractivity contribution in [2.75, 3.05) is 6.54 Å². The lowest BCUT2D eigenvalue weighted by atomic mass is 10.0. The van der Waals surface area contributed by atoms with Crippen molar-refractivity contribution in [3.05, 3.63) is 28.8 Å². The van der Waals surface area contributed by atoms with Crippen LogP contribution < -0.4 is 15.8 Å². The predicted octanol–water partition coefficient (Wildman–Crippen LogP) is 3.08. The molecule has 2 rings (SSSR count). The molecule has 6 heteroatoms. The Hall–Kier alpha value is -0.970. The third-order valence-electron chi connectivity index (χ3n) is 4.10. The van der Waals surface area contributed by atoms with Crippen molar-refractivity contribution < 1.29 is 9.53 Å². The van der Waals surface area contributed by atoms with E-state index in [0.29, 0.717) is 23.2 Å². The first kappa shape index (κ1) is 19.1. The van der Waals surface area contributed by atoms with Gasteiger partial charge in [0.25, 0.3) is 5.91 Å². The smallest absolute Gasteiger partial charge is 0.261 e. The number of carbonyl (C=O) groups is 1. The van der Waals surface area contributed by atoms with Crippen LogP contribution in [-0.4, -0.2) is 24.6 Å². The molecular weight excluding hydrogens is 323 g/mol. The summed E-state index contributed by atoms with van der Waals surface area (Å²) in [5.74, 6) is 0.952. The van der Waals surface area contributed by atoms with Crippen LogP contribution in [0.4, 0.5) is 0 Å². The first-order valence-electron chi connectivity index (χ1n) is 7.44. The van der Waals surface area contributed by atoms with Gasteiger partial charge in [0, 0.05) is 11.1 Å². The molecular formula is C16H24Cl2N2O2. The molecule has 3 atom stereocenters. The fraction of sp³-hybridized carbons (Fsp3) is 0.562. The quantitative estimate of drug-likeness (QED) is 0.860. The maximum atomic E-state index is 12.2. The zero-order valence-electron chi connectivity index (χ0n) is 13.0. The second-order valence-electron chi connectivity index (χ2n) is 5.71. The van der Waals surface area contributed by atoms with Gasteiger partial charge in [-0.15, -0.1) is 12.4 Å². The van der Waals surface area contributed by atoms with Crippen molar-refractivity contribution in [2.24, 2.45) is 11.7 Å². The van der Waals surface area contributed by atoms with E-state index in [0.717, 1.165) is 24.8 Å². The molecule has 0 aromatic heterocycles. The molecule has 3 N–H and O–H groups in total. The van der Waals surface area contributed by atoms with Gasteiger partial charge in [-0.3, -0.25) is 4.79 Å². The summed E-state index contributed by atoms with van der Waals surface area (Å²) in [7, 11) is 0. The maximum Gasteiger partial charge on any atom is 0.261 e. The van der Waals surface area contributed by atoms with Gasteiger partial charge in [0.1, 0.15) is 5.75 Å². The largest absolute Gasteiger partial charge is 0.481 e. The molecule has 0 radical (unpaired) electrons. The lowest BCUT2D eigenvalue weighted by molar-refractivity contribution is -0.128. The number of hydrogen-bond donors (Lipinski definition) is 2. The fourth-order valence-corrected chi connectivity index (χ4v) is 2.87. The van der Waals surface area contributed by atoms with E-state index in [4.69, 9.17) is 22.1 Å². The van der Waals surface area contributed by atoms with Gasteiger partial charge >= 0.3 is 0 Å². The molecule has 4 nitrogen and oxygen atoms in total. The standard InChI is InChI=1S/C16H23ClN2O2.ClH/c1-10-8-13(6-7-14(10)17)21-11(2)16(20)19-15-5-3-4-12(15)9-18;/h6-8,11-12,15H,3-5,9,18H2,1-2H3,(H,19,20);1H. The van der Waals surface area contributed by atoms with Gasteiger partial charge in [0.2, 0.25) is 0 Å². The van der Waals surface area contributed by atoms with Crippen LogP contribution in [0.25, 0.3) is 0 Å². The first-order chi connectivity index (χ1) is 10.0. The number of carbonyl (C=O) groups excluding carboxylic acids is 1. The molecule has 1 aliphatic carbocycles. The molecule has 0 saturated heterocycles. The molecule has 1 amide bonds. The number of nitrogens with two attached hydrogens (primary N) is 1. The summed E-state index contributed by atoms with van der Waals surface area (Å²) in [6, 6.07) is 5.57. The lowest BCUT2D eigenvalue weighted by Gasteiger charge is -2.22. The Kier molecular flexibility index (Phi) is 7.46. The summed E-state index contributed by atoms with van der Waals surface area (Å²) in [6.45, 7) is 4.28. The lowest BCUT2D eigenvalue weighted by Crippen LogP contribution is -2.45. The molecule has 1 aromatic rings. The predicted molar refractivity (Wildman–Crippen MR) is 91.9 cm³/mol. The molecule has 1 saturated carbocycles. The highest BCUT2D eigenvalue weighted by Gasteiger charge is 2.29. The Morgan fingerprint density at radius 1 is 1.50 bits per heavy atom. The van der Waals surface area contributed by atoms with E-state index in [9.17, 15) is 4.79 Å². The van der Waals surface area contributed by atoms with E-state index in [1.165, 1.54) is 0 Å². The first-order valence-corrected chi connectivity index (χ1v) is 7.82. The summed E-state index contributed by atoms with van der Waals surface area (Å²) >= 11 is 5.98. The summed E-state index contributed by atoms with van der Waals surface area (Å²) in [5, 5.41) is 3.75. The van der Waals surface area contributed by atoms with Crippen LogP contribution in [-0.2, 0) is 4.79 Å². The summed E-state index contributed by atoms with van der Waals surface area (Å²) in [5.41, 5.74) is 6.67. The number of benzene rings is 1. The SMILES string of the molecule is Cc1cc(OC(C)C(=O)NC2CCCC2CN)ccc1Cl.Cl. The number of ether oxygens (including phenoxy) is 1. The molecule has 0 aliphatic heterocycles. The molecule has 3 unspecified atom stereocenters. The Labute approximate surface area is 143 Å².